The second-order valence-electron chi connectivity index (χ2n) is 1.77. The highest BCUT2D eigenvalue weighted by molar-refractivity contribution is 7.14. The SMILES string of the molecule is CC1C(=O)OC(=O)N1P. The molecule has 0 aliphatic carbocycles. The number of rotatable bonds is 0. The smallest absolute Gasteiger partial charge is 0.374 e. The number of hydrogen-bond donors (Lipinski definition) is 0. The molecule has 0 aromatic carbocycles. The van der Waals surface area contributed by atoms with Crippen molar-refractivity contribution in [2.75, 3.05) is 0 Å². The maximum Gasteiger partial charge on any atom is 0.421 e. The van der Waals surface area contributed by atoms with Gasteiger partial charge < -0.3 is 4.74 Å². The van der Waals surface area contributed by atoms with Crippen molar-refractivity contribution in [2.45, 2.75) is 13.0 Å². The Morgan fingerprint density at radius 1 is 1.67 bits per heavy atom. The first kappa shape index (κ1) is 6.49. The van der Waals surface area contributed by atoms with Gasteiger partial charge >= 0.3 is 12.1 Å². The summed E-state index contributed by atoms with van der Waals surface area (Å²) < 4.78 is 5.38. The molecule has 0 aromatic rings. The summed E-state index contributed by atoms with van der Waals surface area (Å²) in [7, 11) is 2.11. The van der Waals surface area contributed by atoms with E-state index in [4.69, 9.17) is 0 Å². The molecule has 1 heterocycles. The van der Waals surface area contributed by atoms with Gasteiger partial charge in [-0.25, -0.2) is 9.59 Å². The average Bonchev–Trinajstić information content (AvgIpc) is 1.98. The van der Waals surface area contributed by atoms with Crippen molar-refractivity contribution in [1.29, 1.82) is 0 Å². The summed E-state index contributed by atoms with van der Waals surface area (Å²) in [6.45, 7) is 1.60. The van der Waals surface area contributed by atoms with Crippen LogP contribution in [-0.2, 0) is 9.53 Å². The number of ether oxygens (including phenoxy) is 1. The van der Waals surface area contributed by atoms with Crippen molar-refractivity contribution in [1.82, 2.24) is 4.67 Å². The van der Waals surface area contributed by atoms with Gasteiger partial charge in [-0.3, -0.25) is 4.67 Å². The summed E-state index contributed by atoms with van der Waals surface area (Å²) in [5.41, 5.74) is 0. The predicted molar refractivity (Wildman–Crippen MR) is 32.5 cm³/mol. The van der Waals surface area contributed by atoms with Gasteiger partial charge in [0.25, 0.3) is 0 Å². The predicted octanol–water partition coefficient (Wildman–Crippen LogP) is 0.144. The number of amides is 1. The van der Waals surface area contributed by atoms with E-state index in [9.17, 15) is 9.59 Å². The number of hydrogen-bond acceptors (Lipinski definition) is 3. The van der Waals surface area contributed by atoms with Gasteiger partial charge in [0.05, 0.1) is 0 Å². The fourth-order valence-electron chi connectivity index (χ4n) is 0.496. The highest BCUT2D eigenvalue weighted by atomic mass is 31.0. The van der Waals surface area contributed by atoms with Crippen LogP contribution in [-0.4, -0.2) is 22.8 Å². The number of esters is 1. The van der Waals surface area contributed by atoms with Crippen molar-refractivity contribution in [3.63, 3.8) is 0 Å². The van der Waals surface area contributed by atoms with E-state index in [0.29, 0.717) is 0 Å². The molecule has 1 rings (SSSR count). The third-order valence-electron chi connectivity index (χ3n) is 1.16. The largest absolute Gasteiger partial charge is 0.421 e. The molecule has 50 valence electrons. The van der Waals surface area contributed by atoms with E-state index < -0.39 is 18.1 Å². The minimum atomic E-state index is -0.600. The lowest BCUT2D eigenvalue weighted by Gasteiger charge is -2.05. The zero-order chi connectivity index (χ0) is 7.02. The molecular weight excluding hydrogens is 141 g/mol. The van der Waals surface area contributed by atoms with E-state index in [-0.39, 0.29) is 0 Å². The molecule has 1 aliphatic rings. The fourth-order valence-corrected chi connectivity index (χ4v) is 0.670. The Labute approximate surface area is 54.4 Å². The first-order chi connectivity index (χ1) is 4.13. The molecule has 4 nitrogen and oxygen atoms in total. The molecule has 1 amide bonds. The summed E-state index contributed by atoms with van der Waals surface area (Å²) in [6.07, 6.45) is -0.600. The molecule has 1 aliphatic heterocycles. The van der Waals surface area contributed by atoms with Crippen LogP contribution >= 0.6 is 9.39 Å². The van der Waals surface area contributed by atoms with Gasteiger partial charge in [-0.15, -0.1) is 0 Å². The summed E-state index contributed by atoms with van der Waals surface area (Å²) in [6, 6.07) is -0.456. The molecule has 0 radical (unpaired) electrons. The highest BCUT2D eigenvalue weighted by Gasteiger charge is 2.34. The van der Waals surface area contributed by atoms with Gasteiger partial charge in [-0.2, -0.15) is 0 Å². The van der Waals surface area contributed by atoms with Crippen LogP contribution in [0.4, 0.5) is 4.79 Å². The van der Waals surface area contributed by atoms with Crippen molar-refractivity contribution < 1.29 is 14.3 Å². The molecule has 5 heteroatoms. The van der Waals surface area contributed by atoms with Crippen LogP contribution in [0, 0.1) is 0 Å². The molecule has 1 saturated heterocycles. The second kappa shape index (κ2) is 1.95. The molecule has 2 atom stereocenters. The lowest BCUT2D eigenvalue weighted by Crippen LogP contribution is -2.22. The molecule has 0 bridgehead atoms. The lowest BCUT2D eigenvalue weighted by molar-refractivity contribution is -0.135. The quantitative estimate of drug-likeness (QED) is 0.278. The van der Waals surface area contributed by atoms with Gasteiger partial charge in [0, 0.05) is 0 Å². The number of carbonyl (C=O) groups excluding carboxylic acids is 2. The Bertz CT molecular complexity index is 151. The Balaban J connectivity index is 2.77. The van der Waals surface area contributed by atoms with Gasteiger partial charge in [0.1, 0.15) is 6.04 Å². The van der Waals surface area contributed by atoms with Crippen molar-refractivity contribution in [2.24, 2.45) is 0 Å². The molecule has 1 fully saturated rings. The van der Waals surface area contributed by atoms with Crippen LogP contribution in [0.3, 0.4) is 0 Å². The number of nitrogens with zero attached hydrogens (tertiary/aromatic N) is 1. The highest BCUT2D eigenvalue weighted by Crippen LogP contribution is 2.16. The van der Waals surface area contributed by atoms with Gasteiger partial charge in [-0.1, -0.05) is 0 Å². The molecule has 0 saturated carbocycles. The Morgan fingerprint density at radius 3 is 2.33 bits per heavy atom. The first-order valence-corrected chi connectivity index (χ1v) is 2.94. The van der Waals surface area contributed by atoms with Crippen molar-refractivity contribution in [3.05, 3.63) is 0 Å². The van der Waals surface area contributed by atoms with Gasteiger partial charge in [0.2, 0.25) is 0 Å². The van der Waals surface area contributed by atoms with Crippen LogP contribution in [0.5, 0.6) is 0 Å². The lowest BCUT2D eigenvalue weighted by atomic mass is 10.4. The summed E-state index contributed by atoms with van der Waals surface area (Å²) in [5, 5.41) is 0. The second-order valence-corrected chi connectivity index (χ2v) is 2.33. The van der Waals surface area contributed by atoms with E-state index in [1.54, 1.807) is 6.92 Å². The number of cyclic esters (lactones) is 2. The van der Waals surface area contributed by atoms with Crippen LogP contribution in [0.15, 0.2) is 0 Å². The van der Waals surface area contributed by atoms with Crippen LogP contribution < -0.4 is 0 Å². The third kappa shape index (κ3) is 0.900. The topological polar surface area (TPSA) is 46.6 Å². The monoisotopic (exact) mass is 147 g/mol. The molecule has 2 unspecified atom stereocenters. The summed E-state index contributed by atoms with van der Waals surface area (Å²) in [4.78, 5) is 21.0. The van der Waals surface area contributed by atoms with Crippen LogP contribution in [0.2, 0.25) is 0 Å². The van der Waals surface area contributed by atoms with Gasteiger partial charge in [0.15, 0.2) is 0 Å². The number of carbonyl (C=O) groups is 2. The Kier molecular flexibility index (Phi) is 1.41. The van der Waals surface area contributed by atoms with Crippen molar-refractivity contribution in [3.8, 4) is 0 Å². The van der Waals surface area contributed by atoms with Gasteiger partial charge in [-0.05, 0) is 16.3 Å². The van der Waals surface area contributed by atoms with Crippen LogP contribution in [0.1, 0.15) is 6.92 Å². The minimum absolute atomic E-state index is 0.456. The van der Waals surface area contributed by atoms with Crippen molar-refractivity contribution >= 4 is 21.5 Å². The van der Waals surface area contributed by atoms with E-state index >= 15 is 0 Å². The van der Waals surface area contributed by atoms with E-state index in [2.05, 4.69) is 14.1 Å². The first-order valence-electron chi connectivity index (χ1n) is 2.42. The standard InChI is InChI=1S/C4H6NO3P/c1-2-3(6)8-4(7)5(2)9/h2H,9H2,1H3. The molecule has 0 aromatic heterocycles. The normalized spacial score (nSPS) is 26.9. The van der Waals surface area contributed by atoms with E-state index in [1.807, 2.05) is 0 Å². The fraction of sp³-hybridized carbons (Fsp3) is 0.500. The zero-order valence-electron chi connectivity index (χ0n) is 4.83. The molecular formula is C4H6NO3P. The van der Waals surface area contributed by atoms with E-state index in [0.717, 1.165) is 0 Å². The van der Waals surface area contributed by atoms with E-state index in [1.165, 1.54) is 4.67 Å². The van der Waals surface area contributed by atoms with Crippen LogP contribution in [0.25, 0.3) is 0 Å². The molecule has 0 spiro atoms. The third-order valence-corrected chi connectivity index (χ3v) is 1.82. The summed E-state index contributed by atoms with van der Waals surface area (Å²) >= 11 is 0. The maximum atomic E-state index is 10.5. The Hall–Kier alpha value is -0.630. The zero-order valence-corrected chi connectivity index (χ0v) is 5.98. The molecule has 9 heavy (non-hydrogen) atoms. The summed E-state index contributed by atoms with van der Waals surface area (Å²) in [5.74, 6) is -0.491. The Morgan fingerprint density at radius 2 is 2.22 bits per heavy atom. The molecule has 0 N–H and O–H groups in total. The maximum absolute atomic E-state index is 10.5. The minimum Gasteiger partial charge on any atom is -0.374 e. The average molecular weight is 147 g/mol.